The average molecular weight is 1470 g/mol. The van der Waals surface area contributed by atoms with Gasteiger partial charge < -0.3 is 31.5 Å². The van der Waals surface area contributed by atoms with Crippen LogP contribution in [0.3, 0.4) is 0 Å². The average Bonchev–Trinajstić information content (AvgIpc) is 1.28. The fourth-order valence-electron chi connectivity index (χ4n) is 11.7. The molecule has 6 aromatic carbocycles. The quantitative estimate of drug-likeness (QED) is 0.0557. The molecule has 2 amide bonds. The monoisotopic (exact) mass is 1470 g/mol. The van der Waals surface area contributed by atoms with Crippen molar-refractivity contribution in [3.63, 3.8) is 0 Å². The molecule has 4 saturated heterocycles. The van der Waals surface area contributed by atoms with Crippen molar-refractivity contribution in [1.82, 2.24) is 19.2 Å². The van der Waals surface area contributed by atoms with Crippen molar-refractivity contribution in [1.29, 1.82) is 0 Å². The van der Waals surface area contributed by atoms with Crippen molar-refractivity contribution in [2.45, 2.75) is 173 Å². The molecule has 4 unspecified atom stereocenters. The minimum Gasteiger partial charge on any atom is -0.475 e. The van der Waals surface area contributed by atoms with Gasteiger partial charge in [-0.3, -0.25) is 9.59 Å². The molecule has 0 spiro atoms. The van der Waals surface area contributed by atoms with Crippen molar-refractivity contribution in [2.24, 2.45) is 11.5 Å². The fraction of sp³-hybridized carbons (Fsp3) is 0.419. The maximum Gasteiger partial charge on any atom is 0.490 e. The van der Waals surface area contributed by atoms with Crippen molar-refractivity contribution in [3.05, 3.63) is 153 Å². The molecule has 4 aliphatic rings. The molecule has 6 aromatic rings. The molecule has 0 radical (unpaired) electrons. The number of benzene rings is 6. The van der Waals surface area contributed by atoms with Crippen molar-refractivity contribution < 1.29 is 90.1 Å². The van der Waals surface area contributed by atoms with Crippen molar-refractivity contribution >= 4 is 97.2 Å². The molecule has 0 aliphatic carbocycles. The number of piperidine rings is 2. The number of rotatable bonds is 14. The summed E-state index contributed by atoms with van der Waals surface area (Å²) in [5.74, 6) is -14.4. The molecule has 4 fully saturated rings. The normalized spacial score (nSPS) is 20.7. The molecule has 30 heteroatoms. The molecule has 0 aromatic heterocycles. The van der Waals surface area contributed by atoms with Crippen LogP contribution < -0.4 is 20.9 Å². The summed E-state index contributed by atoms with van der Waals surface area (Å²) in [6.07, 6.45) is -5.48. The molecular formula is C62H66Br2F10N6O10S2. The minimum atomic E-state index is -5.08. The summed E-state index contributed by atoms with van der Waals surface area (Å²) < 4.78 is 188. The van der Waals surface area contributed by atoms with Gasteiger partial charge in [0.15, 0.2) is 12.1 Å². The highest BCUT2D eigenvalue weighted by atomic mass is 79.9. The zero-order valence-corrected chi connectivity index (χ0v) is 54.3. The minimum absolute atomic E-state index is 0.109. The third-order valence-electron chi connectivity index (χ3n) is 16.4. The Bertz CT molecular complexity index is 3630. The van der Waals surface area contributed by atoms with Crippen LogP contribution in [-0.4, -0.2) is 121 Å². The first kappa shape index (κ1) is 73.1. The van der Waals surface area contributed by atoms with Gasteiger partial charge in [0.05, 0.1) is 9.79 Å². The lowest BCUT2D eigenvalue weighted by molar-refractivity contribution is -0.193. The third kappa shape index (κ3) is 17.3. The van der Waals surface area contributed by atoms with Crippen LogP contribution >= 0.6 is 31.9 Å². The molecule has 0 saturated carbocycles. The van der Waals surface area contributed by atoms with Gasteiger partial charge >= 0.3 is 24.3 Å². The SMILES string of the molecule is CC(C)c1ccc2cc(S(=O)(=O)N[C@@H](C(=O)N3C4CCC3CC(N)C4)C(F)(F)c3ccc(Br)cc3)ccc2c1.CC(C)c1ccc2cc(S(=O)(=O)N[C@H](C(=O)N3C4CCC3CC(N)C4)C(F)(F)c3ccc(Br)cc3)ccc2c1.O=C(O)C(F)(F)F.O=C(O)C(F)(F)F. The lowest BCUT2D eigenvalue weighted by Gasteiger charge is -2.41. The van der Waals surface area contributed by atoms with Crippen molar-refractivity contribution in [2.75, 3.05) is 0 Å². The number of nitrogens with one attached hydrogen (secondary N) is 2. The number of fused-ring (bicyclic) bond motifs is 6. The van der Waals surface area contributed by atoms with Crippen LogP contribution in [0.5, 0.6) is 0 Å². The maximum absolute atomic E-state index is 16.1. The van der Waals surface area contributed by atoms with Crippen molar-refractivity contribution in [3.8, 4) is 0 Å². The Hall–Kier alpha value is -6.28. The smallest absolute Gasteiger partial charge is 0.475 e. The Labute approximate surface area is 540 Å². The van der Waals surface area contributed by atoms with Crippen LogP contribution in [0, 0.1) is 0 Å². The summed E-state index contributed by atoms with van der Waals surface area (Å²) in [6, 6.07) is 25.0. The summed E-state index contributed by atoms with van der Waals surface area (Å²) in [5.41, 5.74) is 13.6. The highest BCUT2D eigenvalue weighted by Gasteiger charge is 2.56. The third-order valence-corrected chi connectivity index (χ3v) is 20.3. The van der Waals surface area contributed by atoms with Gasteiger partial charge in [0.25, 0.3) is 11.8 Å². The number of sulfonamides is 2. The largest absolute Gasteiger partial charge is 0.490 e. The van der Waals surface area contributed by atoms with Gasteiger partial charge in [0.2, 0.25) is 31.9 Å². The molecular weight excluding hydrogens is 1400 g/mol. The lowest BCUT2D eigenvalue weighted by atomic mass is 9.95. The molecule has 16 nitrogen and oxygen atoms in total. The predicted molar refractivity (Wildman–Crippen MR) is 329 cm³/mol. The maximum atomic E-state index is 16.1. The van der Waals surface area contributed by atoms with Crippen LogP contribution in [0.2, 0.25) is 0 Å². The zero-order valence-electron chi connectivity index (χ0n) is 49.5. The number of nitrogens with two attached hydrogens (primary N) is 2. The first-order valence-corrected chi connectivity index (χ1v) is 33.3. The number of amides is 2. The summed E-state index contributed by atoms with van der Waals surface area (Å²) in [6.45, 7) is 8.26. The Balaban J connectivity index is 0.000000216. The van der Waals surface area contributed by atoms with Crippen LogP contribution in [0.15, 0.2) is 140 Å². The Kier molecular flexibility index (Phi) is 22.9. The number of carboxylic acids is 2. The number of aliphatic carboxylic acids is 2. The predicted octanol–water partition coefficient (Wildman–Crippen LogP) is 12.6. The van der Waals surface area contributed by atoms with Crippen LogP contribution in [0.4, 0.5) is 43.9 Å². The van der Waals surface area contributed by atoms with Gasteiger partial charge in [-0.15, -0.1) is 0 Å². The molecule has 92 heavy (non-hydrogen) atoms. The Morgan fingerprint density at radius 1 is 0.467 bits per heavy atom. The molecule has 4 bridgehead atoms. The van der Waals surface area contributed by atoms with Gasteiger partial charge in [0.1, 0.15) is 0 Å². The first-order valence-electron chi connectivity index (χ1n) is 28.8. The molecule has 500 valence electrons. The summed E-state index contributed by atoms with van der Waals surface area (Å²) in [5, 5.41) is 17.3. The van der Waals surface area contributed by atoms with Crippen LogP contribution in [0.1, 0.15) is 113 Å². The second-order valence-corrected chi connectivity index (χ2v) is 28.8. The Morgan fingerprint density at radius 2 is 0.728 bits per heavy atom. The Morgan fingerprint density at radius 3 is 0.989 bits per heavy atom. The van der Waals surface area contributed by atoms with E-state index in [9.17, 15) is 52.8 Å². The number of nitrogens with zero attached hydrogens (tertiary/aromatic N) is 2. The van der Waals surface area contributed by atoms with E-state index in [1.165, 1.54) is 82.6 Å². The van der Waals surface area contributed by atoms with E-state index in [4.69, 9.17) is 31.3 Å². The van der Waals surface area contributed by atoms with E-state index >= 15 is 17.6 Å². The van der Waals surface area contributed by atoms with E-state index in [1.807, 2.05) is 36.4 Å². The number of halogens is 12. The number of carbonyl (C=O) groups is 4. The van der Waals surface area contributed by atoms with Gasteiger partial charge in [-0.2, -0.15) is 53.3 Å². The fourth-order valence-corrected chi connectivity index (χ4v) is 14.7. The molecule has 6 atom stereocenters. The summed E-state index contributed by atoms with van der Waals surface area (Å²) in [7, 11) is -8.99. The van der Waals surface area contributed by atoms with E-state index in [2.05, 4.69) is 69.0 Å². The number of carbonyl (C=O) groups excluding carboxylic acids is 2. The van der Waals surface area contributed by atoms with Crippen LogP contribution in [-0.2, 0) is 51.1 Å². The van der Waals surface area contributed by atoms with E-state index < -0.39 is 91.2 Å². The second-order valence-electron chi connectivity index (χ2n) is 23.5. The highest BCUT2D eigenvalue weighted by molar-refractivity contribution is 9.10. The summed E-state index contributed by atoms with van der Waals surface area (Å²) >= 11 is 6.48. The number of alkyl halides is 10. The number of hydrogen-bond acceptors (Lipinski definition) is 10. The van der Waals surface area contributed by atoms with Gasteiger partial charge in [0, 0.05) is 56.3 Å². The molecule has 8 N–H and O–H groups in total. The number of carboxylic acid groups (broad SMARTS) is 2. The second kappa shape index (κ2) is 28.7. The van der Waals surface area contributed by atoms with E-state index in [1.54, 1.807) is 12.1 Å². The summed E-state index contributed by atoms with van der Waals surface area (Å²) in [4.78, 5) is 48.0. The first-order chi connectivity index (χ1) is 42.6. The standard InChI is InChI=1S/2C29H32BrF2N3O3S.2C2HF3O2/c2*1-17(2)18-3-4-20-14-26(12-5-19(20)13-18)39(37,38)34-27(29(31,32)21-6-8-22(30)9-7-21)28(36)35-24-10-11-25(35)16-23(33)15-24;2*3-2(4,5)1(6)7/h2*3-9,12-14,17,23-25,27,34H,10-11,15-16,33H2,1-2H3;2*(H,6,7)/t2*23?,24?,25?,27-;;/m10../s1. The van der Waals surface area contributed by atoms with Gasteiger partial charge in [-0.25, -0.2) is 26.4 Å². The van der Waals surface area contributed by atoms with Gasteiger partial charge in [-0.05, 0) is 144 Å². The van der Waals surface area contributed by atoms with Crippen LogP contribution in [0.25, 0.3) is 21.5 Å². The lowest BCUT2D eigenvalue weighted by Crippen LogP contribution is -2.60. The molecule has 10 rings (SSSR count). The highest BCUT2D eigenvalue weighted by Crippen LogP contribution is 2.43. The van der Waals surface area contributed by atoms with E-state index in [0.717, 1.165) is 21.9 Å². The van der Waals surface area contributed by atoms with E-state index in [-0.39, 0.29) is 46.0 Å². The van der Waals surface area contributed by atoms with E-state index in [0.29, 0.717) is 82.9 Å². The molecule has 4 heterocycles. The van der Waals surface area contributed by atoms with Gasteiger partial charge in [-0.1, -0.05) is 132 Å². The topological polar surface area (TPSA) is 260 Å². The number of hydrogen-bond donors (Lipinski definition) is 6. The zero-order chi connectivity index (χ0) is 68.4. The molecule has 4 aliphatic heterocycles.